The van der Waals surface area contributed by atoms with Crippen molar-refractivity contribution >= 4 is 10.8 Å². The Kier molecular flexibility index (Phi) is 6.32. The van der Waals surface area contributed by atoms with Gasteiger partial charge in [0.25, 0.3) is 0 Å². The Bertz CT molecular complexity index is 1250. The Labute approximate surface area is 183 Å². The molecule has 0 heterocycles. The number of fused-ring (bicyclic) bond motifs is 1. The highest BCUT2D eigenvalue weighted by Crippen LogP contribution is 2.39. The maximum absolute atomic E-state index is 14.8. The zero-order valence-electron chi connectivity index (χ0n) is 17.5. The molecule has 3 aromatic carbocycles. The molecular formula is C27H21F5. The second-order valence-electron chi connectivity index (χ2n) is 8.13. The SMILES string of the molecule is C/C=C/C1CCC(c2c(F)cc(C#Cc3ccc4c(F)c(F)ccc4c3)c(F)c2F)CC1. The second kappa shape index (κ2) is 9.16. The quantitative estimate of drug-likeness (QED) is 0.165. The molecule has 0 N–H and O–H groups in total. The van der Waals surface area contributed by atoms with Gasteiger partial charge in [-0.3, -0.25) is 0 Å². The molecule has 0 aliphatic heterocycles. The largest absolute Gasteiger partial charge is 0.207 e. The first-order valence-electron chi connectivity index (χ1n) is 10.6. The van der Waals surface area contributed by atoms with Gasteiger partial charge >= 0.3 is 0 Å². The van der Waals surface area contributed by atoms with Gasteiger partial charge in [0.1, 0.15) is 5.82 Å². The molecular weight excluding hydrogens is 419 g/mol. The number of allylic oxidation sites excluding steroid dienone is 2. The molecule has 0 unspecified atom stereocenters. The third-order valence-corrected chi connectivity index (χ3v) is 6.09. The van der Waals surface area contributed by atoms with Gasteiger partial charge in [-0.25, -0.2) is 22.0 Å². The summed E-state index contributed by atoms with van der Waals surface area (Å²) in [6.07, 6.45) is 6.89. The minimum atomic E-state index is -1.18. The third kappa shape index (κ3) is 4.27. The number of benzene rings is 3. The van der Waals surface area contributed by atoms with Crippen LogP contribution in [0.4, 0.5) is 22.0 Å². The Hall–Kier alpha value is -3.13. The van der Waals surface area contributed by atoms with Crippen molar-refractivity contribution in [2.75, 3.05) is 0 Å². The lowest BCUT2D eigenvalue weighted by Gasteiger charge is -2.27. The molecule has 0 radical (unpaired) electrons. The van der Waals surface area contributed by atoms with Gasteiger partial charge in [0.2, 0.25) is 0 Å². The number of hydrogen-bond acceptors (Lipinski definition) is 0. The molecule has 1 fully saturated rings. The lowest BCUT2D eigenvalue weighted by atomic mass is 9.78. The minimum absolute atomic E-state index is 0.0901. The Balaban J connectivity index is 1.62. The van der Waals surface area contributed by atoms with Crippen LogP contribution in [0.15, 0.2) is 48.6 Å². The average molecular weight is 440 g/mol. The summed E-state index contributed by atoms with van der Waals surface area (Å²) in [4.78, 5) is 0. The van der Waals surface area contributed by atoms with Crippen LogP contribution in [0.1, 0.15) is 55.2 Å². The van der Waals surface area contributed by atoms with Crippen molar-refractivity contribution in [1.29, 1.82) is 0 Å². The molecule has 0 bridgehead atoms. The molecule has 1 saturated carbocycles. The second-order valence-corrected chi connectivity index (χ2v) is 8.13. The lowest BCUT2D eigenvalue weighted by molar-refractivity contribution is 0.353. The summed E-state index contributed by atoms with van der Waals surface area (Å²) in [5.41, 5.74) is -0.193. The fourth-order valence-electron chi connectivity index (χ4n) is 4.43. The Morgan fingerprint density at radius 3 is 2.25 bits per heavy atom. The van der Waals surface area contributed by atoms with Crippen molar-refractivity contribution in [2.45, 2.75) is 38.5 Å². The van der Waals surface area contributed by atoms with Crippen molar-refractivity contribution in [3.05, 3.63) is 94.3 Å². The van der Waals surface area contributed by atoms with Crippen LogP contribution in [-0.4, -0.2) is 0 Å². The van der Waals surface area contributed by atoms with Gasteiger partial charge in [-0.05, 0) is 74.1 Å². The van der Waals surface area contributed by atoms with E-state index in [1.165, 1.54) is 24.3 Å². The Morgan fingerprint density at radius 1 is 0.781 bits per heavy atom. The van der Waals surface area contributed by atoms with E-state index in [0.717, 1.165) is 25.0 Å². The molecule has 164 valence electrons. The molecule has 3 aromatic rings. The zero-order chi connectivity index (χ0) is 22.8. The molecule has 4 rings (SSSR count). The van der Waals surface area contributed by atoms with Crippen molar-refractivity contribution in [2.24, 2.45) is 5.92 Å². The summed E-state index contributed by atoms with van der Waals surface area (Å²) in [6.45, 7) is 1.94. The molecule has 32 heavy (non-hydrogen) atoms. The molecule has 5 heteroatoms. The number of halogens is 5. The molecule has 0 nitrogen and oxygen atoms in total. The normalized spacial score (nSPS) is 18.7. The van der Waals surface area contributed by atoms with E-state index in [2.05, 4.69) is 17.9 Å². The van der Waals surface area contributed by atoms with Crippen LogP contribution >= 0.6 is 0 Å². The van der Waals surface area contributed by atoms with Gasteiger partial charge in [0, 0.05) is 16.5 Å². The lowest BCUT2D eigenvalue weighted by Crippen LogP contribution is -2.15. The molecule has 1 aliphatic carbocycles. The van der Waals surface area contributed by atoms with Crippen LogP contribution in [0, 0.1) is 46.8 Å². The Morgan fingerprint density at radius 2 is 1.53 bits per heavy atom. The molecule has 0 saturated heterocycles. The highest BCUT2D eigenvalue weighted by Gasteiger charge is 2.28. The highest BCUT2D eigenvalue weighted by atomic mass is 19.2. The highest BCUT2D eigenvalue weighted by molar-refractivity contribution is 5.84. The summed E-state index contributed by atoms with van der Waals surface area (Å²) >= 11 is 0. The van der Waals surface area contributed by atoms with E-state index in [1.54, 1.807) is 0 Å². The summed E-state index contributed by atoms with van der Waals surface area (Å²) in [5, 5.41) is 0.504. The van der Waals surface area contributed by atoms with Gasteiger partial charge in [0.15, 0.2) is 23.3 Å². The predicted molar refractivity (Wildman–Crippen MR) is 116 cm³/mol. The van der Waals surface area contributed by atoms with Crippen molar-refractivity contribution in [3.8, 4) is 11.8 Å². The predicted octanol–water partition coefficient (Wildman–Crippen LogP) is 7.79. The maximum atomic E-state index is 14.8. The van der Waals surface area contributed by atoms with Crippen molar-refractivity contribution < 1.29 is 22.0 Å². The van der Waals surface area contributed by atoms with Gasteiger partial charge in [-0.2, -0.15) is 0 Å². The van der Waals surface area contributed by atoms with Crippen LogP contribution < -0.4 is 0 Å². The van der Waals surface area contributed by atoms with E-state index >= 15 is 0 Å². The summed E-state index contributed by atoms with van der Waals surface area (Å²) in [6, 6.07) is 7.66. The zero-order valence-corrected chi connectivity index (χ0v) is 17.5. The van der Waals surface area contributed by atoms with E-state index in [0.29, 0.717) is 29.7 Å². The van der Waals surface area contributed by atoms with Crippen LogP contribution in [0.5, 0.6) is 0 Å². The van der Waals surface area contributed by atoms with Crippen LogP contribution in [0.3, 0.4) is 0 Å². The molecule has 1 aliphatic rings. The first-order valence-corrected chi connectivity index (χ1v) is 10.6. The fraction of sp³-hybridized carbons (Fsp3) is 0.259. The van der Waals surface area contributed by atoms with E-state index in [-0.39, 0.29) is 22.4 Å². The van der Waals surface area contributed by atoms with Crippen molar-refractivity contribution in [3.63, 3.8) is 0 Å². The molecule has 0 amide bonds. The van der Waals surface area contributed by atoms with Crippen LogP contribution in [0.2, 0.25) is 0 Å². The summed E-state index contributed by atoms with van der Waals surface area (Å²) < 4.78 is 71.4. The summed E-state index contributed by atoms with van der Waals surface area (Å²) in [7, 11) is 0. The van der Waals surface area contributed by atoms with E-state index in [4.69, 9.17) is 0 Å². The van der Waals surface area contributed by atoms with E-state index in [1.807, 2.05) is 13.0 Å². The minimum Gasteiger partial charge on any atom is -0.207 e. The maximum Gasteiger partial charge on any atom is 0.174 e. The molecule has 0 spiro atoms. The van der Waals surface area contributed by atoms with Crippen molar-refractivity contribution in [1.82, 2.24) is 0 Å². The fourth-order valence-corrected chi connectivity index (χ4v) is 4.43. The first-order chi connectivity index (χ1) is 15.4. The van der Waals surface area contributed by atoms with Crippen LogP contribution in [-0.2, 0) is 0 Å². The van der Waals surface area contributed by atoms with Gasteiger partial charge in [0.05, 0.1) is 5.56 Å². The first kappa shape index (κ1) is 22.1. The average Bonchev–Trinajstić information content (AvgIpc) is 2.79. The van der Waals surface area contributed by atoms with Gasteiger partial charge in [-0.15, -0.1) is 0 Å². The van der Waals surface area contributed by atoms with Gasteiger partial charge < -0.3 is 0 Å². The third-order valence-electron chi connectivity index (χ3n) is 6.09. The monoisotopic (exact) mass is 440 g/mol. The number of hydrogen-bond donors (Lipinski definition) is 0. The standard InChI is InChI=1S/C27H21F5/c1-2-3-16-4-8-18(9-5-16)24-23(29)15-20(25(30)27(24)32)10-6-17-7-12-21-19(14-17)11-13-22(28)26(21)31/h2-3,7,11-16,18H,4-5,8-9H2,1H3/b3-2+. The van der Waals surface area contributed by atoms with Gasteiger partial charge in [-0.1, -0.05) is 36.1 Å². The molecule has 0 aromatic heterocycles. The van der Waals surface area contributed by atoms with Crippen LogP contribution in [0.25, 0.3) is 10.8 Å². The molecule has 0 atom stereocenters. The summed E-state index contributed by atoms with van der Waals surface area (Å²) in [5.74, 6) is 0.0975. The van der Waals surface area contributed by atoms with E-state index in [9.17, 15) is 22.0 Å². The number of rotatable bonds is 2. The smallest absolute Gasteiger partial charge is 0.174 e. The van der Waals surface area contributed by atoms with E-state index < -0.39 is 29.1 Å². The topological polar surface area (TPSA) is 0 Å².